The fourth-order valence-corrected chi connectivity index (χ4v) is 2.79. The maximum atomic E-state index is 6.15. The van der Waals surface area contributed by atoms with E-state index in [4.69, 9.17) is 10.5 Å². The molecule has 0 unspecified atom stereocenters. The Morgan fingerprint density at radius 1 is 1.29 bits per heavy atom. The molecule has 0 aliphatic carbocycles. The van der Waals surface area contributed by atoms with Crippen molar-refractivity contribution in [2.75, 3.05) is 12.3 Å². The molecule has 2 aromatic carbocycles. The van der Waals surface area contributed by atoms with E-state index in [1.54, 1.807) is 0 Å². The molecule has 0 atom stereocenters. The number of para-hydroxylation sites is 1. The summed E-state index contributed by atoms with van der Waals surface area (Å²) in [5, 5.41) is 0. The lowest BCUT2D eigenvalue weighted by Crippen LogP contribution is -2.02. The monoisotopic (exact) mass is 345 g/mol. The van der Waals surface area contributed by atoms with E-state index >= 15 is 0 Å². The van der Waals surface area contributed by atoms with E-state index in [2.05, 4.69) is 33.9 Å². The summed E-state index contributed by atoms with van der Waals surface area (Å²) in [7, 11) is 0. The van der Waals surface area contributed by atoms with E-state index in [0.717, 1.165) is 32.5 Å². The number of nitrogens with zero attached hydrogens (tertiary/aromatic N) is 2. The topological polar surface area (TPSA) is 53.1 Å². The zero-order chi connectivity index (χ0) is 15.0. The number of nitrogen functional groups attached to an aromatic ring is 1. The van der Waals surface area contributed by atoms with Crippen molar-refractivity contribution in [2.24, 2.45) is 0 Å². The van der Waals surface area contributed by atoms with Gasteiger partial charge in [-0.25, -0.2) is 4.98 Å². The fourth-order valence-electron chi connectivity index (χ4n) is 2.44. The fraction of sp³-hybridized carbons (Fsp3) is 0.188. The first-order valence-corrected chi connectivity index (χ1v) is 7.57. The van der Waals surface area contributed by atoms with Gasteiger partial charge >= 0.3 is 0 Å². The minimum absolute atomic E-state index is 0.457. The second-order valence-electron chi connectivity index (χ2n) is 4.79. The summed E-state index contributed by atoms with van der Waals surface area (Å²) in [6.45, 7) is 4.61. The maximum absolute atomic E-state index is 6.15. The molecule has 2 N–H and O–H groups in total. The number of aromatic nitrogens is 2. The molecule has 0 bridgehead atoms. The molecule has 0 saturated carbocycles. The molecule has 0 amide bonds. The van der Waals surface area contributed by atoms with Crippen molar-refractivity contribution in [1.29, 1.82) is 0 Å². The van der Waals surface area contributed by atoms with Crippen molar-refractivity contribution in [3.05, 3.63) is 46.4 Å². The van der Waals surface area contributed by atoms with E-state index in [0.29, 0.717) is 12.6 Å². The summed E-state index contributed by atoms with van der Waals surface area (Å²) in [6.07, 6.45) is 0. The highest BCUT2D eigenvalue weighted by Gasteiger charge is 2.15. The molecule has 108 valence electrons. The third kappa shape index (κ3) is 2.38. The van der Waals surface area contributed by atoms with Crippen LogP contribution < -0.4 is 10.5 Å². The van der Waals surface area contributed by atoms with Crippen LogP contribution in [0.2, 0.25) is 0 Å². The number of hydrogen-bond donors (Lipinski definition) is 1. The standard InChI is InChI=1S/C16H16BrN3O/c1-3-21-14-6-4-5-12-15(14)19-16(18)20(12)13-9-11(17)8-7-10(13)2/h4-9H,3H2,1-2H3,(H2,18,19). The molecule has 21 heavy (non-hydrogen) atoms. The van der Waals surface area contributed by atoms with E-state index < -0.39 is 0 Å². The number of rotatable bonds is 3. The van der Waals surface area contributed by atoms with E-state index in [1.807, 2.05) is 41.8 Å². The molecule has 1 aromatic heterocycles. The average Bonchev–Trinajstić information content (AvgIpc) is 2.79. The van der Waals surface area contributed by atoms with Gasteiger partial charge < -0.3 is 10.5 Å². The predicted octanol–water partition coefficient (Wildman–Crippen LogP) is 4.08. The molecular weight excluding hydrogens is 330 g/mol. The van der Waals surface area contributed by atoms with Crippen LogP contribution in [-0.2, 0) is 0 Å². The molecule has 0 fully saturated rings. The minimum atomic E-state index is 0.457. The zero-order valence-electron chi connectivity index (χ0n) is 11.9. The van der Waals surface area contributed by atoms with Gasteiger partial charge in [0.15, 0.2) is 0 Å². The van der Waals surface area contributed by atoms with Crippen molar-refractivity contribution in [2.45, 2.75) is 13.8 Å². The summed E-state index contributed by atoms with van der Waals surface area (Å²) in [5.74, 6) is 1.21. The Kier molecular flexibility index (Phi) is 3.59. The normalized spacial score (nSPS) is 11.0. The number of halogens is 1. The van der Waals surface area contributed by atoms with Gasteiger partial charge in [-0.05, 0) is 43.7 Å². The SMILES string of the molecule is CCOc1cccc2c1nc(N)n2-c1cc(Br)ccc1C. The summed E-state index contributed by atoms with van der Waals surface area (Å²) in [6, 6.07) is 12.0. The van der Waals surface area contributed by atoms with Gasteiger partial charge in [-0.3, -0.25) is 4.57 Å². The molecule has 3 aromatic rings. The van der Waals surface area contributed by atoms with Crippen LogP contribution in [-0.4, -0.2) is 16.2 Å². The lowest BCUT2D eigenvalue weighted by Gasteiger charge is -2.11. The molecule has 0 aliphatic rings. The number of fused-ring (bicyclic) bond motifs is 1. The molecule has 0 saturated heterocycles. The third-order valence-electron chi connectivity index (χ3n) is 3.39. The predicted molar refractivity (Wildman–Crippen MR) is 89.1 cm³/mol. The van der Waals surface area contributed by atoms with E-state index in [1.165, 1.54) is 0 Å². The number of nitrogens with two attached hydrogens (primary N) is 1. The number of imidazole rings is 1. The molecule has 0 spiro atoms. The van der Waals surface area contributed by atoms with Gasteiger partial charge in [0.05, 0.1) is 17.8 Å². The Bertz CT molecular complexity index is 811. The van der Waals surface area contributed by atoms with Gasteiger partial charge in [0.25, 0.3) is 0 Å². The van der Waals surface area contributed by atoms with Crippen LogP contribution in [0.1, 0.15) is 12.5 Å². The van der Waals surface area contributed by atoms with Crippen molar-refractivity contribution < 1.29 is 4.74 Å². The van der Waals surface area contributed by atoms with Gasteiger partial charge in [-0.15, -0.1) is 0 Å². The van der Waals surface area contributed by atoms with Crippen molar-refractivity contribution in [3.8, 4) is 11.4 Å². The molecule has 4 nitrogen and oxygen atoms in total. The minimum Gasteiger partial charge on any atom is -0.492 e. The number of benzene rings is 2. The van der Waals surface area contributed by atoms with Gasteiger partial charge in [-0.1, -0.05) is 28.1 Å². The average molecular weight is 346 g/mol. The first-order chi connectivity index (χ1) is 10.1. The highest BCUT2D eigenvalue weighted by molar-refractivity contribution is 9.10. The molecule has 0 radical (unpaired) electrons. The number of hydrogen-bond acceptors (Lipinski definition) is 3. The Labute approximate surface area is 131 Å². The lowest BCUT2D eigenvalue weighted by atomic mass is 10.2. The van der Waals surface area contributed by atoms with Crippen LogP contribution >= 0.6 is 15.9 Å². The molecule has 5 heteroatoms. The van der Waals surface area contributed by atoms with Crippen molar-refractivity contribution in [3.63, 3.8) is 0 Å². The number of aryl methyl sites for hydroxylation is 1. The Morgan fingerprint density at radius 3 is 2.86 bits per heavy atom. The summed E-state index contributed by atoms with van der Waals surface area (Å²) < 4.78 is 8.60. The van der Waals surface area contributed by atoms with E-state index in [9.17, 15) is 0 Å². The Balaban J connectivity index is 2.30. The van der Waals surface area contributed by atoms with E-state index in [-0.39, 0.29) is 0 Å². The van der Waals surface area contributed by atoms with Crippen LogP contribution in [0.25, 0.3) is 16.7 Å². The second-order valence-corrected chi connectivity index (χ2v) is 5.71. The summed E-state index contributed by atoms with van der Waals surface area (Å²) in [4.78, 5) is 4.48. The second kappa shape index (κ2) is 5.41. The highest BCUT2D eigenvalue weighted by Crippen LogP contribution is 2.31. The maximum Gasteiger partial charge on any atom is 0.206 e. The van der Waals surface area contributed by atoms with Gasteiger partial charge in [0.1, 0.15) is 11.3 Å². The first-order valence-electron chi connectivity index (χ1n) is 6.78. The summed E-state index contributed by atoms with van der Waals surface area (Å²) in [5.41, 5.74) is 10.0. The number of anilines is 1. The Morgan fingerprint density at radius 2 is 2.10 bits per heavy atom. The van der Waals surface area contributed by atoms with Gasteiger partial charge in [0, 0.05) is 4.47 Å². The first kappa shape index (κ1) is 13.9. The number of ether oxygens (including phenoxy) is 1. The summed E-state index contributed by atoms with van der Waals surface area (Å²) >= 11 is 3.51. The largest absolute Gasteiger partial charge is 0.492 e. The molecule has 0 aliphatic heterocycles. The van der Waals surface area contributed by atoms with Gasteiger partial charge in [0.2, 0.25) is 5.95 Å². The van der Waals surface area contributed by atoms with Crippen LogP contribution in [0.4, 0.5) is 5.95 Å². The van der Waals surface area contributed by atoms with Crippen molar-refractivity contribution >= 4 is 32.9 Å². The zero-order valence-corrected chi connectivity index (χ0v) is 13.5. The van der Waals surface area contributed by atoms with Gasteiger partial charge in [-0.2, -0.15) is 0 Å². The quantitative estimate of drug-likeness (QED) is 0.778. The smallest absolute Gasteiger partial charge is 0.206 e. The molecule has 1 heterocycles. The Hall–Kier alpha value is -2.01. The van der Waals surface area contributed by atoms with Crippen LogP contribution in [0, 0.1) is 6.92 Å². The third-order valence-corrected chi connectivity index (χ3v) is 3.88. The molecule has 3 rings (SSSR count). The molecular formula is C16H16BrN3O. The van der Waals surface area contributed by atoms with Crippen LogP contribution in [0.15, 0.2) is 40.9 Å². The highest BCUT2D eigenvalue weighted by atomic mass is 79.9. The van der Waals surface area contributed by atoms with Crippen LogP contribution in [0.3, 0.4) is 0 Å². The van der Waals surface area contributed by atoms with Crippen molar-refractivity contribution in [1.82, 2.24) is 9.55 Å². The van der Waals surface area contributed by atoms with Crippen LogP contribution in [0.5, 0.6) is 5.75 Å². The lowest BCUT2D eigenvalue weighted by molar-refractivity contribution is 0.344.